The maximum absolute atomic E-state index is 14.2. The van der Waals surface area contributed by atoms with E-state index in [9.17, 15) is 18.0 Å². The zero-order valence-corrected chi connectivity index (χ0v) is 28.9. The molecule has 0 fully saturated rings. The number of ether oxygens (including phenoxy) is 1. The minimum atomic E-state index is -4.25. The summed E-state index contributed by atoms with van der Waals surface area (Å²) in [5.41, 5.74) is 1.30. The molecule has 232 valence electrons. The zero-order valence-electron chi connectivity index (χ0n) is 24.9. The average Bonchev–Trinajstić information content (AvgIpc) is 2.92. The molecule has 0 aromatic heterocycles. The Labute approximate surface area is 272 Å². The molecule has 0 heterocycles. The number of hydrogen-bond donors (Lipinski definition) is 1. The van der Waals surface area contributed by atoms with Gasteiger partial charge in [-0.15, -0.1) is 0 Å². The molecule has 1 N–H and O–H groups in total. The van der Waals surface area contributed by atoms with Crippen LogP contribution in [-0.4, -0.2) is 50.4 Å². The Bertz CT molecular complexity index is 1580. The zero-order chi connectivity index (χ0) is 32.1. The Morgan fingerprint density at radius 3 is 2.19 bits per heavy atom. The van der Waals surface area contributed by atoms with Crippen LogP contribution in [0.25, 0.3) is 0 Å². The fourth-order valence-electron chi connectivity index (χ4n) is 4.38. The lowest BCUT2D eigenvalue weighted by Crippen LogP contribution is -2.55. The summed E-state index contributed by atoms with van der Waals surface area (Å²) in [6.45, 7) is 8.67. The number of nitrogens with one attached hydrogen (secondary N) is 1. The van der Waals surface area contributed by atoms with E-state index in [0.717, 1.165) is 9.87 Å². The van der Waals surface area contributed by atoms with E-state index in [1.807, 2.05) is 27.7 Å². The lowest BCUT2D eigenvalue weighted by atomic mass is 10.1. The minimum absolute atomic E-state index is 0.00165. The van der Waals surface area contributed by atoms with Crippen molar-refractivity contribution in [3.05, 3.63) is 86.3 Å². The van der Waals surface area contributed by atoms with Crippen molar-refractivity contribution in [2.45, 2.75) is 64.1 Å². The highest BCUT2D eigenvalue weighted by Gasteiger charge is 2.35. The topological polar surface area (TPSA) is 96.0 Å². The van der Waals surface area contributed by atoms with Gasteiger partial charge in [0.25, 0.3) is 10.0 Å². The third-order valence-electron chi connectivity index (χ3n) is 6.53. The molecule has 0 aliphatic carbocycles. The molecule has 0 radical (unpaired) electrons. The Kier molecular flexibility index (Phi) is 11.6. The fraction of sp³-hybridized carbons (Fsp3) is 0.355. The number of nitrogens with zero attached hydrogens (tertiary/aromatic N) is 2. The van der Waals surface area contributed by atoms with Crippen LogP contribution in [0, 0.1) is 6.92 Å². The van der Waals surface area contributed by atoms with Crippen LogP contribution in [0.2, 0.25) is 10.0 Å². The van der Waals surface area contributed by atoms with Crippen molar-refractivity contribution in [1.82, 2.24) is 10.2 Å². The van der Waals surface area contributed by atoms with Gasteiger partial charge in [-0.2, -0.15) is 0 Å². The van der Waals surface area contributed by atoms with Crippen molar-refractivity contribution in [3.63, 3.8) is 0 Å². The predicted molar refractivity (Wildman–Crippen MR) is 175 cm³/mol. The molecular formula is C31H36BrCl2N3O5S. The van der Waals surface area contributed by atoms with Crippen LogP contribution in [0.5, 0.6) is 5.75 Å². The maximum Gasteiger partial charge on any atom is 0.264 e. The van der Waals surface area contributed by atoms with E-state index in [1.165, 1.54) is 30.2 Å². The lowest BCUT2D eigenvalue weighted by Gasteiger charge is -2.35. The number of halogens is 3. The van der Waals surface area contributed by atoms with Gasteiger partial charge in [0.2, 0.25) is 11.8 Å². The highest BCUT2D eigenvalue weighted by Crippen LogP contribution is 2.31. The van der Waals surface area contributed by atoms with Crippen molar-refractivity contribution in [2.24, 2.45) is 0 Å². The standard InChI is InChI=1S/C31H36BrCl2N3O5S/c1-7-27(30(39)35-31(3,4)5)36(18-21-10-14-25(33)26(34)16-21)29(38)19-37(22-11-8-20(2)9-12-22)43(40,41)23-13-15-28(42-6)24(32)17-23/h8-17,27H,7,18-19H2,1-6H3,(H,35,39)/t27-/m0/s1. The summed E-state index contributed by atoms with van der Waals surface area (Å²) in [5.74, 6) is -0.466. The second-order valence-corrected chi connectivity index (χ2v) is 14.6. The van der Waals surface area contributed by atoms with Crippen LogP contribution in [0.3, 0.4) is 0 Å². The van der Waals surface area contributed by atoms with Gasteiger partial charge in [-0.25, -0.2) is 8.42 Å². The molecule has 0 aliphatic heterocycles. The molecule has 0 saturated heterocycles. The summed E-state index contributed by atoms with van der Waals surface area (Å²) in [6, 6.07) is 15.3. The first kappa shape index (κ1) is 34.7. The van der Waals surface area contributed by atoms with Gasteiger partial charge >= 0.3 is 0 Å². The molecule has 3 rings (SSSR count). The van der Waals surface area contributed by atoms with E-state index >= 15 is 0 Å². The second kappa shape index (κ2) is 14.3. The fourth-order valence-corrected chi connectivity index (χ4v) is 6.84. The van der Waals surface area contributed by atoms with Crippen LogP contribution >= 0.6 is 39.1 Å². The highest BCUT2D eigenvalue weighted by molar-refractivity contribution is 9.10. The number of sulfonamides is 1. The number of benzene rings is 3. The first-order valence-corrected chi connectivity index (χ1v) is 16.5. The summed E-state index contributed by atoms with van der Waals surface area (Å²) in [5, 5.41) is 3.60. The van der Waals surface area contributed by atoms with Crippen molar-refractivity contribution in [1.29, 1.82) is 0 Å². The molecule has 43 heavy (non-hydrogen) atoms. The highest BCUT2D eigenvalue weighted by atomic mass is 79.9. The number of anilines is 1. The first-order valence-electron chi connectivity index (χ1n) is 13.6. The van der Waals surface area contributed by atoms with E-state index in [4.69, 9.17) is 27.9 Å². The smallest absolute Gasteiger partial charge is 0.264 e. The van der Waals surface area contributed by atoms with Crippen molar-refractivity contribution >= 4 is 66.7 Å². The molecule has 0 bridgehead atoms. The largest absolute Gasteiger partial charge is 0.496 e. The van der Waals surface area contributed by atoms with Crippen LogP contribution < -0.4 is 14.4 Å². The molecule has 3 aromatic rings. The van der Waals surface area contributed by atoms with Gasteiger partial charge in [0.15, 0.2) is 0 Å². The molecular weight excluding hydrogens is 677 g/mol. The SMILES string of the molecule is CC[C@@H](C(=O)NC(C)(C)C)N(Cc1ccc(Cl)c(Cl)c1)C(=O)CN(c1ccc(C)cc1)S(=O)(=O)c1ccc(OC)c(Br)c1. The predicted octanol–water partition coefficient (Wildman–Crippen LogP) is 6.99. The first-order chi connectivity index (χ1) is 20.1. The molecule has 0 spiro atoms. The Hall–Kier alpha value is -2.79. The summed E-state index contributed by atoms with van der Waals surface area (Å²) >= 11 is 15.7. The third-order valence-corrected chi connectivity index (χ3v) is 9.66. The van der Waals surface area contributed by atoms with Gasteiger partial charge in [-0.1, -0.05) is 53.9 Å². The number of hydrogen-bond acceptors (Lipinski definition) is 5. The van der Waals surface area contributed by atoms with E-state index < -0.39 is 34.1 Å². The van der Waals surface area contributed by atoms with Gasteiger partial charge < -0.3 is 15.0 Å². The third kappa shape index (κ3) is 8.88. The van der Waals surface area contributed by atoms with Gasteiger partial charge in [0, 0.05) is 12.1 Å². The monoisotopic (exact) mass is 711 g/mol. The van der Waals surface area contributed by atoms with Crippen LogP contribution in [-0.2, 0) is 26.2 Å². The normalized spacial score (nSPS) is 12.4. The van der Waals surface area contributed by atoms with Crippen LogP contribution in [0.1, 0.15) is 45.2 Å². The maximum atomic E-state index is 14.2. The van der Waals surface area contributed by atoms with Crippen molar-refractivity contribution in [3.8, 4) is 5.75 Å². The summed E-state index contributed by atoms with van der Waals surface area (Å²) in [7, 11) is -2.77. The van der Waals surface area contributed by atoms with E-state index in [0.29, 0.717) is 31.5 Å². The van der Waals surface area contributed by atoms with Gasteiger partial charge in [-0.3, -0.25) is 13.9 Å². The molecule has 0 saturated carbocycles. The quantitative estimate of drug-likeness (QED) is 0.231. The van der Waals surface area contributed by atoms with Gasteiger partial charge in [-0.05, 0) is 98.1 Å². The summed E-state index contributed by atoms with van der Waals surface area (Å²) in [6.07, 6.45) is 0.289. The molecule has 0 unspecified atom stereocenters. The summed E-state index contributed by atoms with van der Waals surface area (Å²) in [4.78, 5) is 29.0. The van der Waals surface area contributed by atoms with Crippen molar-refractivity contribution < 1.29 is 22.7 Å². The minimum Gasteiger partial charge on any atom is -0.496 e. The Morgan fingerprint density at radius 2 is 1.65 bits per heavy atom. The number of amides is 2. The number of aryl methyl sites for hydroxylation is 1. The summed E-state index contributed by atoms with van der Waals surface area (Å²) < 4.78 is 35.0. The molecule has 0 aliphatic rings. The molecule has 3 aromatic carbocycles. The van der Waals surface area contributed by atoms with Crippen molar-refractivity contribution in [2.75, 3.05) is 18.0 Å². The number of carbonyl (C=O) groups excluding carboxylic acids is 2. The number of rotatable bonds is 11. The molecule has 2 amide bonds. The average molecular weight is 714 g/mol. The Morgan fingerprint density at radius 1 is 1.00 bits per heavy atom. The Balaban J connectivity index is 2.11. The lowest BCUT2D eigenvalue weighted by molar-refractivity contribution is -0.141. The number of methoxy groups -OCH3 is 1. The van der Waals surface area contributed by atoms with E-state index in [1.54, 1.807) is 49.4 Å². The number of carbonyl (C=O) groups is 2. The molecule has 12 heteroatoms. The molecule has 1 atom stereocenters. The van der Waals surface area contributed by atoms with Gasteiger partial charge in [0.05, 0.1) is 32.2 Å². The van der Waals surface area contributed by atoms with Crippen LogP contribution in [0.4, 0.5) is 5.69 Å². The van der Waals surface area contributed by atoms with Crippen LogP contribution in [0.15, 0.2) is 70.0 Å². The van der Waals surface area contributed by atoms with E-state index in [-0.39, 0.29) is 23.8 Å². The van der Waals surface area contributed by atoms with Gasteiger partial charge in [0.1, 0.15) is 18.3 Å². The van der Waals surface area contributed by atoms with E-state index in [2.05, 4.69) is 21.2 Å². The second-order valence-electron chi connectivity index (χ2n) is 11.1. The molecule has 8 nitrogen and oxygen atoms in total.